The van der Waals surface area contributed by atoms with Gasteiger partial charge in [-0.1, -0.05) is 0 Å². The van der Waals surface area contributed by atoms with Gasteiger partial charge in [-0.15, -0.1) is 11.3 Å². The van der Waals surface area contributed by atoms with Gasteiger partial charge >= 0.3 is 0 Å². The maximum absolute atomic E-state index is 5.89. The number of morpholine rings is 1. The Hall–Kier alpha value is -1.24. The topological polar surface area (TPSA) is 41.5 Å². The summed E-state index contributed by atoms with van der Waals surface area (Å²) in [7, 11) is 4.17. The van der Waals surface area contributed by atoms with Gasteiger partial charge in [0.2, 0.25) is 0 Å². The van der Waals surface area contributed by atoms with Gasteiger partial charge in [-0.3, -0.25) is 0 Å². The molecule has 120 valence electrons. The second kappa shape index (κ2) is 6.10. The van der Waals surface area contributed by atoms with Crippen molar-refractivity contribution in [3.8, 4) is 0 Å². The first kappa shape index (κ1) is 15.6. The van der Waals surface area contributed by atoms with Crippen LogP contribution >= 0.6 is 11.3 Å². The minimum atomic E-state index is 0.231. The Morgan fingerprint density at radius 1 is 1.27 bits per heavy atom. The van der Waals surface area contributed by atoms with Gasteiger partial charge in [0.25, 0.3) is 0 Å². The van der Waals surface area contributed by atoms with E-state index in [1.165, 1.54) is 15.8 Å². The van der Waals surface area contributed by atoms with Gasteiger partial charge < -0.3 is 14.5 Å². The molecule has 2 aromatic rings. The van der Waals surface area contributed by atoms with Crippen LogP contribution in [0.1, 0.15) is 16.3 Å². The maximum atomic E-state index is 5.89. The van der Waals surface area contributed by atoms with E-state index >= 15 is 0 Å². The third-order valence-electron chi connectivity index (χ3n) is 4.13. The minimum Gasteiger partial charge on any atom is -0.373 e. The molecule has 1 fully saturated rings. The molecule has 0 N–H and O–H groups in total. The average Bonchev–Trinajstić information content (AvgIpc) is 2.72. The van der Waals surface area contributed by atoms with E-state index < -0.39 is 0 Å². The SMILES string of the molecule is Cc1nc(N2CCOC(CN(C)C)C2)c2c(C)c(C)sc2n1. The molecule has 0 bridgehead atoms. The van der Waals surface area contributed by atoms with Gasteiger partial charge in [0, 0.05) is 24.5 Å². The molecule has 0 radical (unpaired) electrons. The number of rotatable bonds is 3. The van der Waals surface area contributed by atoms with Crippen molar-refractivity contribution in [2.45, 2.75) is 26.9 Å². The number of aromatic nitrogens is 2. The van der Waals surface area contributed by atoms with Gasteiger partial charge in [-0.2, -0.15) is 0 Å². The Balaban J connectivity index is 1.98. The van der Waals surface area contributed by atoms with Crippen LogP contribution in [0.2, 0.25) is 0 Å². The largest absolute Gasteiger partial charge is 0.373 e. The highest BCUT2D eigenvalue weighted by molar-refractivity contribution is 7.18. The lowest BCUT2D eigenvalue weighted by atomic mass is 10.2. The monoisotopic (exact) mass is 320 g/mol. The fourth-order valence-corrected chi connectivity index (χ4v) is 4.06. The van der Waals surface area contributed by atoms with E-state index in [0.717, 1.165) is 42.7 Å². The summed E-state index contributed by atoms with van der Waals surface area (Å²) >= 11 is 1.77. The van der Waals surface area contributed by atoms with Crippen LogP contribution in [0.25, 0.3) is 10.2 Å². The zero-order chi connectivity index (χ0) is 15.9. The van der Waals surface area contributed by atoms with Crippen molar-refractivity contribution in [2.24, 2.45) is 0 Å². The Labute approximate surface area is 135 Å². The zero-order valence-electron chi connectivity index (χ0n) is 14.0. The van der Waals surface area contributed by atoms with Crippen molar-refractivity contribution in [1.29, 1.82) is 0 Å². The van der Waals surface area contributed by atoms with Gasteiger partial charge in [0.1, 0.15) is 16.5 Å². The Bertz CT molecular complexity index is 682. The smallest absolute Gasteiger partial charge is 0.141 e. The molecule has 22 heavy (non-hydrogen) atoms. The molecule has 0 saturated carbocycles. The summed E-state index contributed by atoms with van der Waals surface area (Å²) in [4.78, 5) is 16.4. The normalized spacial score (nSPS) is 19.4. The van der Waals surface area contributed by atoms with Crippen LogP contribution in [0.15, 0.2) is 0 Å². The average molecular weight is 320 g/mol. The maximum Gasteiger partial charge on any atom is 0.141 e. The molecule has 5 nitrogen and oxygen atoms in total. The molecule has 6 heteroatoms. The molecule has 0 aliphatic carbocycles. The lowest BCUT2D eigenvalue weighted by molar-refractivity contribution is 0.0246. The quantitative estimate of drug-likeness (QED) is 0.868. The summed E-state index contributed by atoms with van der Waals surface area (Å²) in [6, 6.07) is 0. The summed E-state index contributed by atoms with van der Waals surface area (Å²) in [6.07, 6.45) is 0.231. The summed E-state index contributed by atoms with van der Waals surface area (Å²) < 4.78 is 5.89. The second-order valence-corrected chi connectivity index (χ2v) is 7.46. The standard InChI is InChI=1S/C16H24N4OS/c1-10-11(2)22-16-14(10)15(17-12(3)18-16)20-6-7-21-13(9-20)8-19(4)5/h13H,6-9H2,1-5H3. The van der Waals surface area contributed by atoms with Crippen molar-refractivity contribution in [3.05, 3.63) is 16.3 Å². The van der Waals surface area contributed by atoms with Gasteiger partial charge in [0.05, 0.1) is 18.1 Å². The lowest BCUT2D eigenvalue weighted by Gasteiger charge is -2.35. The highest BCUT2D eigenvalue weighted by Crippen LogP contribution is 2.35. The highest BCUT2D eigenvalue weighted by Gasteiger charge is 2.25. The molecule has 1 atom stereocenters. The molecule has 1 unspecified atom stereocenters. The predicted molar refractivity (Wildman–Crippen MR) is 92.1 cm³/mol. The minimum absolute atomic E-state index is 0.231. The fraction of sp³-hybridized carbons (Fsp3) is 0.625. The van der Waals surface area contributed by atoms with Crippen molar-refractivity contribution < 1.29 is 4.74 Å². The summed E-state index contributed by atoms with van der Waals surface area (Å²) in [5, 5.41) is 1.22. The van der Waals surface area contributed by atoms with Crippen LogP contribution < -0.4 is 4.90 Å². The Kier molecular flexibility index (Phi) is 4.34. The second-order valence-electron chi connectivity index (χ2n) is 6.26. The van der Waals surface area contributed by atoms with Gasteiger partial charge in [0.15, 0.2) is 0 Å². The molecule has 1 saturated heterocycles. The summed E-state index contributed by atoms with van der Waals surface area (Å²) in [6.45, 7) is 9.78. The van der Waals surface area contributed by atoms with Crippen molar-refractivity contribution >= 4 is 27.4 Å². The predicted octanol–water partition coefficient (Wildman–Crippen LogP) is 2.38. The molecule has 3 heterocycles. The van der Waals surface area contributed by atoms with Gasteiger partial charge in [-0.05, 0) is 40.4 Å². The molecule has 0 amide bonds. The van der Waals surface area contributed by atoms with E-state index in [9.17, 15) is 0 Å². The van der Waals surface area contributed by atoms with E-state index in [2.05, 4.69) is 42.7 Å². The Morgan fingerprint density at radius 3 is 2.77 bits per heavy atom. The van der Waals surface area contributed by atoms with Gasteiger partial charge in [-0.25, -0.2) is 9.97 Å². The van der Waals surface area contributed by atoms with Crippen LogP contribution in [0, 0.1) is 20.8 Å². The van der Waals surface area contributed by atoms with E-state index in [-0.39, 0.29) is 6.10 Å². The van der Waals surface area contributed by atoms with Crippen LogP contribution in [0.3, 0.4) is 0 Å². The zero-order valence-corrected chi connectivity index (χ0v) is 14.8. The Morgan fingerprint density at radius 2 is 2.05 bits per heavy atom. The highest BCUT2D eigenvalue weighted by atomic mass is 32.1. The molecule has 2 aromatic heterocycles. The van der Waals surface area contributed by atoms with Crippen molar-refractivity contribution in [3.63, 3.8) is 0 Å². The van der Waals surface area contributed by atoms with E-state index in [1.54, 1.807) is 11.3 Å². The fourth-order valence-electron chi connectivity index (χ4n) is 2.99. The van der Waals surface area contributed by atoms with Crippen LogP contribution in [-0.2, 0) is 4.74 Å². The first-order valence-electron chi connectivity index (χ1n) is 7.71. The molecule has 1 aliphatic heterocycles. The first-order chi connectivity index (χ1) is 10.5. The third kappa shape index (κ3) is 2.95. The number of hydrogen-bond acceptors (Lipinski definition) is 6. The molecular formula is C16H24N4OS. The van der Waals surface area contributed by atoms with Crippen LogP contribution in [0.5, 0.6) is 0 Å². The number of ether oxygens (including phenoxy) is 1. The summed E-state index contributed by atoms with van der Waals surface area (Å²) in [5.74, 6) is 1.93. The van der Waals surface area contributed by atoms with Crippen molar-refractivity contribution in [2.75, 3.05) is 45.2 Å². The molecule has 0 spiro atoms. The number of anilines is 1. The number of hydrogen-bond donors (Lipinski definition) is 0. The summed E-state index contributed by atoms with van der Waals surface area (Å²) in [5.41, 5.74) is 1.31. The number of aryl methyl sites for hydroxylation is 3. The number of likely N-dealkylation sites (N-methyl/N-ethyl adjacent to an activating group) is 1. The number of fused-ring (bicyclic) bond motifs is 1. The van der Waals surface area contributed by atoms with E-state index in [1.807, 2.05) is 6.92 Å². The number of nitrogens with zero attached hydrogens (tertiary/aromatic N) is 4. The van der Waals surface area contributed by atoms with Crippen LogP contribution in [0.4, 0.5) is 5.82 Å². The number of thiophene rings is 1. The van der Waals surface area contributed by atoms with Crippen LogP contribution in [-0.4, -0.2) is 61.3 Å². The van der Waals surface area contributed by atoms with E-state index in [4.69, 9.17) is 9.72 Å². The molecular weight excluding hydrogens is 296 g/mol. The first-order valence-corrected chi connectivity index (χ1v) is 8.53. The lowest BCUT2D eigenvalue weighted by Crippen LogP contribution is -2.47. The molecule has 3 rings (SSSR count). The molecule has 1 aliphatic rings. The van der Waals surface area contributed by atoms with E-state index in [0.29, 0.717) is 0 Å². The van der Waals surface area contributed by atoms with Crippen molar-refractivity contribution in [1.82, 2.24) is 14.9 Å². The molecule has 0 aromatic carbocycles. The third-order valence-corrected chi connectivity index (χ3v) is 5.23.